The van der Waals surface area contributed by atoms with E-state index in [1.54, 1.807) is 29.6 Å². The first-order valence-electron chi connectivity index (χ1n) is 8.36. The summed E-state index contributed by atoms with van der Waals surface area (Å²) in [4.78, 5) is 2.75. The minimum absolute atomic E-state index is 0.387. The van der Waals surface area contributed by atoms with Gasteiger partial charge in [0.15, 0.2) is 0 Å². The lowest BCUT2D eigenvalue weighted by Gasteiger charge is -2.34. The first kappa shape index (κ1) is 18.2. The van der Waals surface area contributed by atoms with Gasteiger partial charge in [-0.05, 0) is 43.7 Å². The largest absolute Gasteiger partial charge is 0.497 e. The van der Waals surface area contributed by atoms with Crippen molar-refractivity contribution in [2.75, 3.05) is 39.8 Å². The second-order valence-corrected chi connectivity index (χ2v) is 7.99. The fourth-order valence-corrected chi connectivity index (χ4v) is 4.58. The molecule has 2 rings (SSSR count). The van der Waals surface area contributed by atoms with E-state index in [1.165, 1.54) is 19.3 Å². The van der Waals surface area contributed by atoms with Crippen LogP contribution in [0.25, 0.3) is 0 Å². The highest BCUT2D eigenvalue weighted by Gasteiger charge is 2.29. The normalized spacial score (nSPS) is 17.3. The van der Waals surface area contributed by atoms with Gasteiger partial charge in [-0.1, -0.05) is 19.8 Å². The highest BCUT2D eigenvalue weighted by Crippen LogP contribution is 2.24. The molecule has 1 aromatic rings. The van der Waals surface area contributed by atoms with E-state index in [0.717, 1.165) is 25.2 Å². The maximum Gasteiger partial charge on any atom is 0.243 e. The van der Waals surface area contributed by atoms with Crippen LogP contribution in [0.3, 0.4) is 0 Å². The molecule has 6 heteroatoms. The summed E-state index contributed by atoms with van der Waals surface area (Å²) in [6.07, 6.45) is 3.65. The summed E-state index contributed by atoms with van der Waals surface area (Å²) in [6.45, 7) is 7.86. The monoisotopic (exact) mass is 340 g/mol. The van der Waals surface area contributed by atoms with E-state index in [0.29, 0.717) is 23.7 Å². The summed E-state index contributed by atoms with van der Waals surface area (Å²) in [6, 6.07) is 5.13. The topological polar surface area (TPSA) is 49.9 Å². The van der Waals surface area contributed by atoms with Crippen molar-refractivity contribution in [1.29, 1.82) is 0 Å². The summed E-state index contributed by atoms with van der Waals surface area (Å²) in [5, 5.41) is 0. The van der Waals surface area contributed by atoms with E-state index in [9.17, 15) is 8.42 Å². The van der Waals surface area contributed by atoms with Crippen molar-refractivity contribution < 1.29 is 13.2 Å². The average Bonchev–Trinajstić information content (AvgIpc) is 2.55. The molecule has 0 bridgehead atoms. The Labute approximate surface area is 140 Å². The van der Waals surface area contributed by atoms with Crippen molar-refractivity contribution in [3.05, 3.63) is 23.8 Å². The fraction of sp³-hybridized carbons (Fsp3) is 0.647. The van der Waals surface area contributed by atoms with Gasteiger partial charge < -0.3 is 9.64 Å². The molecular weight excluding hydrogens is 312 g/mol. The van der Waals surface area contributed by atoms with Gasteiger partial charge in [0.25, 0.3) is 0 Å². The Morgan fingerprint density at radius 3 is 2.39 bits per heavy atom. The van der Waals surface area contributed by atoms with Crippen LogP contribution in [0.1, 0.15) is 31.7 Å². The number of piperazine rings is 1. The second-order valence-electron chi connectivity index (χ2n) is 6.08. The number of unbranched alkanes of at least 4 members (excludes halogenated alkanes) is 2. The van der Waals surface area contributed by atoms with E-state index in [1.807, 2.05) is 6.92 Å². The van der Waals surface area contributed by atoms with E-state index in [-0.39, 0.29) is 0 Å². The molecule has 0 aromatic heterocycles. The molecule has 0 spiro atoms. The molecule has 1 aliphatic heterocycles. The highest BCUT2D eigenvalue weighted by atomic mass is 32.2. The molecule has 1 heterocycles. The Kier molecular flexibility index (Phi) is 6.44. The van der Waals surface area contributed by atoms with Crippen LogP contribution < -0.4 is 4.74 Å². The van der Waals surface area contributed by atoms with Crippen molar-refractivity contribution in [3.63, 3.8) is 0 Å². The number of hydrogen-bond acceptors (Lipinski definition) is 4. The number of nitrogens with zero attached hydrogens (tertiary/aromatic N) is 2. The molecule has 5 nitrogen and oxygen atoms in total. The summed E-state index contributed by atoms with van der Waals surface area (Å²) in [7, 11) is -1.83. The SMILES string of the molecule is CCCCCN1CCN(S(=O)(=O)c2ccc(OC)cc2C)CC1. The van der Waals surface area contributed by atoms with Gasteiger partial charge in [-0.2, -0.15) is 4.31 Å². The third-order valence-electron chi connectivity index (χ3n) is 4.41. The number of rotatable bonds is 7. The Morgan fingerprint density at radius 2 is 1.83 bits per heavy atom. The van der Waals surface area contributed by atoms with Gasteiger partial charge in [0, 0.05) is 26.2 Å². The minimum Gasteiger partial charge on any atom is -0.497 e. The Hall–Kier alpha value is -1.11. The quantitative estimate of drug-likeness (QED) is 0.716. The van der Waals surface area contributed by atoms with Crippen LogP contribution in [0.4, 0.5) is 0 Å². The second kappa shape index (κ2) is 8.13. The van der Waals surface area contributed by atoms with Gasteiger partial charge in [-0.15, -0.1) is 0 Å². The molecule has 0 N–H and O–H groups in total. The first-order valence-corrected chi connectivity index (χ1v) is 9.80. The van der Waals surface area contributed by atoms with Crippen LogP contribution in [0, 0.1) is 6.92 Å². The smallest absolute Gasteiger partial charge is 0.243 e. The number of aryl methyl sites for hydroxylation is 1. The van der Waals surface area contributed by atoms with E-state index in [2.05, 4.69) is 11.8 Å². The van der Waals surface area contributed by atoms with Gasteiger partial charge in [0.2, 0.25) is 10.0 Å². The molecule has 1 saturated heterocycles. The van der Waals surface area contributed by atoms with Crippen molar-refractivity contribution in [1.82, 2.24) is 9.21 Å². The predicted octanol–water partition coefficient (Wildman–Crippen LogP) is 2.50. The van der Waals surface area contributed by atoms with Crippen LogP contribution >= 0.6 is 0 Å². The predicted molar refractivity (Wildman–Crippen MR) is 92.5 cm³/mol. The van der Waals surface area contributed by atoms with Crippen LogP contribution in [0.15, 0.2) is 23.1 Å². The zero-order valence-electron chi connectivity index (χ0n) is 14.4. The minimum atomic E-state index is -3.42. The number of ether oxygens (including phenoxy) is 1. The summed E-state index contributed by atoms with van der Waals surface area (Å²) >= 11 is 0. The van der Waals surface area contributed by atoms with Gasteiger partial charge in [0.05, 0.1) is 12.0 Å². The lowest BCUT2D eigenvalue weighted by Crippen LogP contribution is -2.48. The standard InChI is InChI=1S/C17H28N2O3S/c1-4-5-6-9-18-10-12-19(13-11-18)23(20,21)17-8-7-16(22-3)14-15(17)2/h7-8,14H,4-6,9-13H2,1-3H3. The molecule has 0 saturated carbocycles. The molecule has 0 atom stereocenters. The van der Waals surface area contributed by atoms with E-state index in [4.69, 9.17) is 4.74 Å². The third-order valence-corrected chi connectivity index (χ3v) is 6.47. The van der Waals surface area contributed by atoms with Gasteiger partial charge in [0.1, 0.15) is 5.75 Å². The number of methoxy groups -OCH3 is 1. The van der Waals surface area contributed by atoms with Crippen LogP contribution in [-0.4, -0.2) is 57.5 Å². The molecule has 1 aliphatic rings. The van der Waals surface area contributed by atoms with Crippen LogP contribution in [0.5, 0.6) is 5.75 Å². The van der Waals surface area contributed by atoms with Gasteiger partial charge in [-0.3, -0.25) is 0 Å². The number of benzene rings is 1. The summed E-state index contributed by atoms with van der Waals surface area (Å²) < 4.78 is 32.4. The van der Waals surface area contributed by atoms with Gasteiger partial charge >= 0.3 is 0 Å². The molecular formula is C17H28N2O3S. The van der Waals surface area contributed by atoms with Gasteiger partial charge in [-0.25, -0.2) is 8.42 Å². The molecule has 23 heavy (non-hydrogen) atoms. The molecule has 1 fully saturated rings. The zero-order chi connectivity index (χ0) is 16.9. The van der Waals surface area contributed by atoms with Crippen LogP contribution in [0.2, 0.25) is 0 Å². The van der Waals surface area contributed by atoms with Crippen molar-refractivity contribution in [2.24, 2.45) is 0 Å². The zero-order valence-corrected chi connectivity index (χ0v) is 15.2. The molecule has 0 radical (unpaired) electrons. The average molecular weight is 340 g/mol. The lowest BCUT2D eigenvalue weighted by atomic mass is 10.2. The molecule has 1 aromatic carbocycles. The maximum atomic E-state index is 12.8. The Balaban J connectivity index is 2.02. The molecule has 0 amide bonds. The Morgan fingerprint density at radius 1 is 1.13 bits per heavy atom. The number of hydrogen-bond donors (Lipinski definition) is 0. The molecule has 0 aliphatic carbocycles. The highest BCUT2D eigenvalue weighted by molar-refractivity contribution is 7.89. The molecule has 130 valence electrons. The Bertz CT molecular complexity index is 608. The van der Waals surface area contributed by atoms with Crippen molar-refractivity contribution >= 4 is 10.0 Å². The van der Waals surface area contributed by atoms with Crippen molar-refractivity contribution in [3.8, 4) is 5.75 Å². The fourth-order valence-electron chi connectivity index (χ4n) is 2.96. The third kappa shape index (κ3) is 4.46. The number of sulfonamides is 1. The van der Waals surface area contributed by atoms with Crippen LogP contribution in [-0.2, 0) is 10.0 Å². The van der Waals surface area contributed by atoms with E-state index >= 15 is 0 Å². The molecule has 0 unspecified atom stereocenters. The van der Waals surface area contributed by atoms with Crippen molar-refractivity contribution in [2.45, 2.75) is 38.0 Å². The summed E-state index contributed by atoms with van der Waals surface area (Å²) in [5.41, 5.74) is 0.731. The van der Waals surface area contributed by atoms with E-state index < -0.39 is 10.0 Å². The summed E-state index contributed by atoms with van der Waals surface area (Å²) in [5.74, 6) is 0.683. The maximum absolute atomic E-state index is 12.8. The first-order chi connectivity index (χ1) is 11.0. The lowest BCUT2D eigenvalue weighted by molar-refractivity contribution is 0.185.